The molecule has 3 heterocycles. The van der Waals surface area contributed by atoms with Crippen LogP contribution in [0.25, 0.3) is 28.0 Å². The van der Waals surface area contributed by atoms with Crippen LogP contribution in [0.2, 0.25) is 0 Å². The van der Waals surface area contributed by atoms with E-state index in [2.05, 4.69) is 9.97 Å². The third-order valence-corrected chi connectivity index (χ3v) is 4.00. The van der Waals surface area contributed by atoms with Crippen molar-refractivity contribution in [1.29, 1.82) is 0 Å². The van der Waals surface area contributed by atoms with Crippen molar-refractivity contribution in [1.82, 2.24) is 14.4 Å². The molecule has 5 nitrogen and oxygen atoms in total. The van der Waals surface area contributed by atoms with E-state index in [1.54, 1.807) is 24.5 Å². The SMILES string of the molecule is COc1cc(-c2cnc3cc(-c4ccncc4)ccn23)ccc1O. The van der Waals surface area contributed by atoms with Crippen molar-refractivity contribution in [2.45, 2.75) is 0 Å². The lowest BCUT2D eigenvalue weighted by Gasteiger charge is -2.07. The van der Waals surface area contributed by atoms with Crippen molar-refractivity contribution in [3.8, 4) is 33.9 Å². The number of aromatic hydroxyl groups is 1. The second-order valence-electron chi connectivity index (χ2n) is 5.41. The zero-order valence-corrected chi connectivity index (χ0v) is 13.0. The van der Waals surface area contributed by atoms with Gasteiger partial charge in [-0.05, 0) is 53.6 Å². The van der Waals surface area contributed by atoms with Crippen LogP contribution < -0.4 is 4.74 Å². The quantitative estimate of drug-likeness (QED) is 0.625. The summed E-state index contributed by atoms with van der Waals surface area (Å²) in [5, 5.41) is 9.76. The number of phenols is 1. The molecule has 0 spiro atoms. The van der Waals surface area contributed by atoms with E-state index in [9.17, 15) is 5.11 Å². The Morgan fingerprint density at radius 3 is 2.58 bits per heavy atom. The van der Waals surface area contributed by atoms with Crippen molar-refractivity contribution < 1.29 is 9.84 Å². The minimum absolute atomic E-state index is 0.120. The zero-order chi connectivity index (χ0) is 16.5. The van der Waals surface area contributed by atoms with E-state index in [0.29, 0.717) is 5.75 Å². The Bertz CT molecular complexity index is 1010. The van der Waals surface area contributed by atoms with Gasteiger partial charge in [-0.2, -0.15) is 0 Å². The molecule has 0 unspecified atom stereocenters. The summed E-state index contributed by atoms with van der Waals surface area (Å²) in [5.41, 5.74) is 4.90. The van der Waals surface area contributed by atoms with Gasteiger partial charge in [0.05, 0.1) is 19.0 Å². The molecule has 0 aliphatic heterocycles. The van der Waals surface area contributed by atoms with Gasteiger partial charge >= 0.3 is 0 Å². The number of hydrogen-bond donors (Lipinski definition) is 1. The highest BCUT2D eigenvalue weighted by atomic mass is 16.5. The topological polar surface area (TPSA) is 59.7 Å². The molecule has 0 atom stereocenters. The molecule has 0 aliphatic rings. The molecule has 0 fully saturated rings. The molecule has 0 amide bonds. The summed E-state index contributed by atoms with van der Waals surface area (Å²) in [6, 6.07) is 13.3. The van der Waals surface area contributed by atoms with E-state index in [4.69, 9.17) is 4.74 Å². The van der Waals surface area contributed by atoms with Crippen molar-refractivity contribution in [3.63, 3.8) is 0 Å². The van der Waals surface area contributed by atoms with E-state index in [1.807, 2.05) is 47.1 Å². The molecule has 0 aliphatic carbocycles. The number of benzene rings is 1. The number of nitrogens with zero attached hydrogens (tertiary/aromatic N) is 3. The molecule has 0 saturated heterocycles. The third kappa shape index (κ3) is 2.36. The monoisotopic (exact) mass is 317 g/mol. The van der Waals surface area contributed by atoms with Crippen LogP contribution in [0, 0.1) is 0 Å². The molecule has 4 aromatic rings. The first kappa shape index (κ1) is 14.3. The normalized spacial score (nSPS) is 10.9. The van der Waals surface area contributed by atoms with Gasteiger partial charge in [0.25, 0.3) is 0 Å². The van der Waals surface area contributed by atoms with Gasteiger partial charge in [-0.15, -0.1) is 0 Å². The molecule has 24 heavy (non-hydrogen) atoms. The Morgan fingerprint density at radius 2 is 1.79 bits per heavy atom. The number of phenolic OH excluding ortho intramolecular Hbond substituents is 1. The maximum Gasteiger partial charge on any atom is 0.161 e. The highest BCUT2D eigenvalue weighted by molar-refractivity contribution is 5.71. The number of ether oxygens (including phenoxy) is 1. The van der Waals surface area contributed by atoms with Gasteiger partial charge < -0.3 is 9.84 Å². The van der Waals surface area contributed by atoms with Crippen LogP contribution in [0.1, 0.15) is 0 Å². The van der Waals surface area contributed by atoms with Gasteiger partial charge in [0.1, 0.15) is 5.65 Å². The van der Waals surface area contributed by atoms with Crippen LogP contribution in [-0.4, -0.2) is 26.6 Å². The summed E-state index contributed by atoms with van der Waals surface area (Å²) < 4.78 is 7.20. The summed E-state index contributed by atoms with van der Waals surface area (Å²) >= 11 is 0. The Hall–Kier alpha value is -3.34. The lowest BCUT2D eigenvalue weighted by molar-refractivity contribution is 0.373. The zero-order valence-electron chi connectivity index (χ0n) is 13.0. The Balaban J connectivity index is 1.81. The molecule has 0 saturated carbocycles. The smallest absolute Gasteiger partial charge is 0.161 e. The van der Waals surface area contributed by atoms with E-state index in [0.717, 1.165) is 28.0 Å². The number of imidazole rings is 1. The maximum absolute atomic E-state index is 9.76. The summed E-state index contributed by atoms with van der Waals surface area (Å²) in [4.78, 5) is 8.55. The number of rotatable bonds is 3. The van der Waals surface area contributed by atoms with Crippen LogP contribution in [0.5, 0.6) is 11.5 Å². The predicted octanol–water partition coefficient (Wildman–Crippen LogP) is 3.78. The fourth-order valence-corrected chi connectivity index (χ4v) is 2.76. The standard InChI is InChI=1S/C19H15N3O2/c1-24-18-10-15(2-3-17(18)23)16-12-21-19-11-14(6-9-22(16)19)13-4-7-20-8-5-13/h2-12,23H,1H3. The number of pyridine rings is 2. The first-order valence-corrected chi connectivity index (χ1v) is 7.51. The lowest BCUT2D eigenvalue weighted by atomic mass is 10.1. The average Bonchev–Trinajstić information content (AvgIpc) is 3.06. The van der Waals surface area contributed by atoms with Crippen LogP contribution in [0.15, 0.2) is 67.3 Å². The number of aromatic nitrogens is 3. The van der Waals surface area contributed by atoms with Gasteiger partial charge in [-0.1, -0.05) is 0 Å². The van der Waals surface area contributed by atoms with Crippen molar-refractivity contribution in [3.05, 3.63) is 67.3 Å². The summed E-state index contributed by atoms with van der Waals surface area (Å²) in [6.07, 6.45) is 7.36. The summed E-state index contributed by atoms with van der Waals surface area (Å²) in [5.74, 6) is 0.561. The molecule has 0 bridgehead atoms. The summed E-state index contributed by atoms with van der Waals surface area (Å²) in [6.45, 7) is 0. The van der Waals surface area contributed by atoms with Crippen LogP contribution in [0.4, 0.5) is 0 Å². The van der Waals surface area contributed by atoms with Gasteiger partial charge in [-0.3, -0.25) is 9.38 Å². The molecule has 1 aromatic carbocycles. The highest BCUT2D eigenvalue weighted by Crippen LogP contribution is 2.32. The van der Waals surface area contributed by atoms with Crippen LogP contribution in [0.3, 0.4) is 0 Å². The predicted molar refractivity (Wildman–Crippen MR) is 92.1 cm³/mol. The van der Waals surface area contributed by atoms with Crippen molar-refractivity contribution in [2.24, 2.45) is 0 Å². The van der Waals surface area contributed by atoms with Crippen molar-refractivity contribution >= 4 is 5.65 Å². The Morgan fingerprint density at radius 1 is 0.958 bits per heavy atom. The van der Waals surface area contributed by atoms with Gasteiger partial charge in [0.2, 0.25) is 0 Å². The fourth-order valence-electron chi connectivity index (χ4n) is 2.76. The number of methoxy groups -OCH3 is 1. The molecule has 0 radical (unpaired) electrons. The largest absolute Gasteiger partial charge is 0.504 e. The van der Waals surface area contributed by atoms with Crippen LogP contribution in [-0.2, 0) is 0 Å². The fraction of sp³-hybridized carbons (Fsp3) is 0.0526. The van der Waals surface area contributed by atoms with Gasteiger partial charge in [0.15, 0.2) is 11.5 Å². The first-order valence-electron chi connectivity index (χ1n) is 7.51. The van der Waals surface area contributed by atoms with Crippen molar-refractivity contribution in [2.75, 3.05) is 7.11 Å². The van der Waals surface area contributed by atoms with Gasteiger partial charge in [-0.25, -0.2) is 4.98 Å². The minimum Gasteiger partial charge on any atom is -0.504 e. The first-order chi connectivity index (χ1) is 11.8. The lowest BCUT2D eigenvalue weighted by Crippen LogP contribution is -1.90. The molecule has 5 heteroatoms. The van der Waals surface area contributed by atoms with E-state index >= 15 is 0 Å². The second kappa shape index (κ2) is 5.70. The number of hydrogen-bond acceptors (Lipinski definition) is 4. The minimum atomic E-state index is 0.120. The number of fused-ring (bicyclic) bond motifs is 1. The molecular weight excluding hydrogens is 302 g/mol. The van der Waals surface area contributed by atoms with Crippen LogP contribution >= 0.6 is 0 Å². The average molecular weight is 317 g/mol. The summed E-state index contributed by atoms with van der Waals surface area (Å²) in [7, 11) is 1.54. The molecule has 1 N–H and O–H groups in total. The molecular formula is C19H15N3O2. The maximum atomic E-state index is 9.76. The van der Waals surface area contributed by atoms with Gasteiger partial charge in [0, 0.05) is 24.2 Å². The highest BCUT2D eigenvalue weighted by Gasteiger charge is 2.10. The Kier molecular flexibility index (Phi) is 3.39. The van der Waals surface area contributed by atoms with E-state index in [1.165, 1.54) is 7.11 Å². The third-order valence-electron chi connectivity index (χ3n) is 4.00. The molecule has 3 aromatic heterocycles. The molecule has 118 valence electrons. The molecule has 4 rings (SSSR count). The van der Waals surface area contributed by atoms with E-state index in [-0.39, 0.29) is 5.75 Å². The Labute approximate surface area is 138 Å². The van der Waals surface area contributed by atoms with E-state index < -0.39 is 0 Å². The second-order valence-corrected chi connectivity index (χ2v) is 5.41.